The van der Waals surface area contributed by atoms with Crippen LogP contribution in [0.5, 0.6) is 0 Å². The van der Waals surface area contributed by atoms with Crippen LogP contribution < -0.4 is 5.73 Å². The molecule has 0 amide bonds. The zero-order valence-corrected chi connectivity index (χ0v) is 5.73. The molecule has 0 aliphatic heterocycles. The topological polar surface area (TPSA) is 60.2 Å². The molecule has 0 aromatic carbocycles. The summed E-state index contributed by atoms with van der Waals surface area (Å²) in [4.78, 5) is 9.90. The van der Waals surface area contributed by atoms with Crippen LogP contribution >= 0.6 is 7.14 Å². The molecule has 0 aromatic rings. The molecule has 0 rings (SSSR count). The molecule has 0 saturated carbocycles. The summed E-state index contributed by atoms with van der Waals surface area (Å²) in [7, 11) is -2.48. The van der Waals surface area contributed by atoms with Gasteiger partial charge in [0, 0.05) is 6.16 Å². The van der Waals surface area contributed by atoms with E-state index in [0.717, 1.165) is 0 Å². The Morgan fingerprint density at radius 3 is 2.38 bits per heavy atom. The van der Waals surface area contributed by atoms with Crippen LogP contribution in [0.4, 0.5) is 0 Å². The summed E-state index contributed by atoms with van der Waals surface area (Å²) in [5.74, 6) is 0. The Kier molecular flexibility index (Phi) is 2.95. The molecule has 8 heavy (non-hydrogen) atoms. The van der Waals surface area contributed by atoms with Crippen molar-refractivity contribution in [3.8, 4) is 0 Å². The van der Waals surface area contributed by atoms with E-state index in [1.165, 1.54) is 6.66 Å². The lowest BCUT2D eigenvalue weighted by Gasteiger charge is -1.98. The van der Waals surface area contributed by atoms with Gasteiger partial charge in [0.1, 0.15) is 7.14 Å². The van der Waals surface area contributed by atoms with Crippen molar-refractivity contribution in [2.75, 3.05) is 19.4 Å². The van der Waals surface area contributed by atoms with Crippen LogP contribution in [-0.2, 0) is 9.36 Å². The Hall–Kier alpha value is -0.140. The fraction of sp³-hybridized carbons (Fsp3) is 0.750. The maximum absolute atomic E-state index is 10.7. The van der Waals surface area contributed by atoms with Gasteiger partial charge >= 0.3 is 0 Å². The van der Waals surface area contributed by atoms with Crippen LogP contribution in [0.2, 0.25) is 0 Å². The lowest BCUT2D eigenvalue weighted by atomic mass is 10.8. The molecule has 3 nitrogen and oxygen atoms in total. The van der Waals surface area contributed by atoms with Crippen LogP contribution in [0.25, 0.3) is 0 Å². The highest BCUT2D eigenvalue weighted by Gasteiger charge is 2.10. The summed E-state index contributed by atoms with van der Waals surface area (Å²) in [5.41, 5.74) is 5.06. The van der Waals surface area contributed by atoms with Gasteiger partial charge in [-0.3, -0.25) is 4.79 Å². The molecule has 0 heterocycles. The Morgan fingerprint density at radius 1 is 1.75 bits per heavy atom. The average Bonchev–Trinajstić information content (AvgIpc) is 1.67. The van der Waals surface area contributed by atoms with E-state index in [1.54, 1.807) is 0 Å². The van der Waals surface area contributed by atoms with Crippen molar-refractivity contribution in [3.63, 3.8) is 0 Å². The van der Waals surface area contributed by atoms with E-state index in [4.69, 9.17) is 5.73 Å². The lowest BCUT2D eigenvalue weighted by Crippen LogP contribution is -2.05. The van der Waals surface area contributed by atoms with Gasteiger partial charge < -0.3 is 10.3 Å². The minimum atomic E-state index is -2.48. The molecule has 4 heteroatoms. The van der Waals surface area contributed by atoms with E-state index >= 15 is 0 Å². The minimum absolute atomic E-state index is 0.326. The Balaban J connectivity index is 3.73. The predicted octanol–water partition coefficient (Wildman–Crippen LogP) is 0.128. The van der Waals surface area contributed by atoms with E-state index in [2.05, 4.69) is 0 Å². The fourth-order valence-electron chi connectivity index (χ4n) is 0.309. The smallest absolute Gasteiger partial charge is 0.178 e. The highest BCUT2D eigenvalue weighted by molar-refractivity contribution is 7.77. The van der Waals surface area contributed by atoms with Crippen molar-refractivity contribution in [2.24, 2.45) is 5.73 Å². The van der Waals surface area contributed by atoms with Crippen LogP contribution in [0.1, 0.15) is 0 Å². The van der Waals surface area contributed by atoms with Crippen LogP contribution in [0.3, 0.4) is 0 Å². The Labute approximate surface area is 48.6 Å². The maximum atomic E-state index is 10.7. The van der Waals surface area contributed by atoms with E-state index in [1.807, 2.05) is 0 Å². The Bertz CT molecular complexity index is 123. The highest BCUT2D eigenvalue weighted by Crippen LogP contribution is 2.35. The van der Waals surface area contributed by atoms with Crippen molar-refractivity contribution >= 4 is 13.2 Å². The van der Waals surface area contributed by atoms with Gasteiger partial charge in [-0.2, -0.15) is 0 Å². The molecular weight excluding hydrogens is 125 g/mol. The zero-order chi connectivity index (χ0) is 6.62. The van der Waals surface area contributed by atoms with Gasteiger partial charge in [0.25, 0.3) is 0 Å². The van der Waals surface area contributed by atoms with Gasteiger partial charge in [-0.1, -0.05) is 0 Å². The molecule has 2 N–H and O–H groups in total. The summed E-state index contributed by atoms with van der Waals surface area (Å²) in [5, 5.41) is 0. The third-order valence-corrected chi connectivity index (χ3v) is 2.39. The first-order valence-corrected chi connectivity index (χ1v) is 4.76. The molecule has 0 aliphatic rings. The summed E-state index contributed by atoms with van der Waals surface area (Å²) in [6, 6.07) is 0.500. The second kappa shape index (κ2) is 3.00. The summed E-state index contributed by atoms with van der Waals surface area (Å²) in [6.07, 6.45) is 0.330. The maximum Gasteiger partial charge on any atom is 0.178 e. The first-order chi connectivity index (χ1) is 3.62. The van der Waals surface area contributed by atoms with Crippen molar-refractivity contribution in [3.05, 3.63) is 0 Å². The van der Waals surface area contributed by atoms with Crippen LogP contribution in [-0.4, -0.2) is 25.4 Å². The van der Waals surface area contributed by atoms with Crippen molar-refractivity contribution in [1.82, 2.24) is 0 Å². The summed E-state index contributed by atoms with van der Waals surface area (Å²) in [6.45, 7) is 1.76. The lowest BCUT2D eigenvalue weighted by molar-refractivity contribution is 0.554. The van der Waals surface area contributed by atoms with Gasteiger partial charge in [0.05, 0.1) is 0 Å². The molecular formula is C4H10NO2P. The number of carbonyl (C=O) groups excluding carboxylic acids is 1. The predicted molar refractivity (Wildman–Crippen MR) is 34.2 cm³/mol. The number of nitrogens with two attached hydrogens (primary N) is 1. The average molecular weight is 135 g/mol. The second-order valence-corrected chi connectivity index (χ2v) is 4.80. The minimum Gasteiger partial charge on any atom is -0.330 e. The second-order valence-electron chi connectivity index (χ2n) is 1.79. The van der Waals surface area contributed by atoms with Crippen LogP contribution in [0.15, 0.2) is 0 Å². The van der Waals surface area contributed by atoms with E-state index in [9.17, 15) is 9.36 Å². The van der Waals surface area contributed by atoms with Gasteiger partial charge in [-0.25, -0.2) is 0 Å². The molecule has 48 valence electrons. The normalized spacial score (nSPS) is 17.2. The molecule has 0 aromatic heterocycles. The summed E-state index contributed by atoms with van der Waals surface area (Å²) < 4.78 is 10.7. The highest BCUT2D eigenvalue weighted by atomic mass is 31.2. The number of hydrogen-bond acceptors (Lipinski definition) is 3. The summed E-state index contributed by atoms with van der Waals surface area (Å²) >= 11 is 0. The largest absolute Gasteiger partial charge is 0.330 e. The molecule has 0 aliphatic carbocycles. The number of carbonyl (C=O) groups is 1. The SMILES string of the molecule is CP(=O)(C=O)CCN. The van der Waals surface area contributed by atoms with E-state index < -0.39 is 7.14 Å². The third kappa shape index (κ3) is 2.94. The molecule has 0 fully saturated rings. The quantitative estimate of drug-likeness (QED) is 0.442. The zero-order valence-electron chi connectivity index (χ0n) is 4.83. The van der Waals surface area contributed by atoms with Gasteiger partial charge in [0.15, 0.2) is 6.03 Å². The van der Waals surface area contributed by atoms with Gasteiger partial charge in [0.2, 0.25) is 0 Å². The van der Waals surface area contributed by atoms with Crippen LogP contribution in [0, 0.1) is 0 Å². The number of rotatable bonds is 3. The molecule has 1 atom stereocenters. The molecule has 0 saturated heterocycles. The first-order valence-electron chi connectivity index (χ1n) is 2.35. The van der Waals surface area contributed by atoms with Crippen molar-refractivity contribution in [1.29, 1.82) is 0 Å². The monoisotopic (exact) mass is 135 g/mol. The Morgan fingerprint density at radius 2 is 2.25 bits per heavy atom. The molecule has 0 radical (unpaired) electrons. The molecule has 0 spiro atoms. The van der Waals surface area contributed by atoms with E-state index in [0.29, 0.717) is 18.7 Å². The van der Waals surface area contributed by atoms with Gasteiger partial charge in [-0.15, -0.1) is 0 Å². The third-order valence-electron chi connectivity index (χ3n) is 0.796. The molecule has 0 bridgehead atoms. The van der Waals surface area contributed by atoms with Crippen molar-refractivity contribution < 1.29 is 9.36 Å². The fourth-order valence-corrected chi connectivity index (χ4v) is 0.927. The number of hydrogen-bond donors (Lipinski definition) is 1. The first kappa shape index (κ1) is 7.86. The standard InChI is InChI=1S/C4H10NO2P/c1-8(7,4-6)3-2-5/h4H,2-3,5H2,1H3. The van der Waals surface area contributed by atoms with Gasteiger partial charge in [-0.05, 0) is 13.2 Å². The van der Waals surface area contributed by atoms with Crippen molar-refractivity contribution in [2.45, 2.75) is 0 Å². The van der Waals surface area contributed by atoms with E-state index in [-0.39, 0.29) is 0 Å². The molecule has 1 unspecified atom stereocenters.